The number of ether oxygens (including phenoxy) is 1. The van der Waals surface area contributed by atoms with Gasteiger partial charge in [0.25, 0.3) is 11.8 Å². The standard InChI is InChI=1S/C21H20B2ClN5O9S2/c1-8(17(32)36-22)38-28-11(10-7-40-19(25-10)27-20(34)35-21(2,3)4)14(30)26-12-15(31)29-13(18(33)37-23)9(5-24)6-39-16(12)29/h7,12,16H,1,5-6H2,2-4H3,(H,26,30)(H,25,27,34)/b28-11-/t12-,16-/m1/s1. The first-order chi connectivity index (χ1) is 18.8. The number of nitrogens with one attached hydrogen (secondary N) is 2. The van der Waals surface area contributed by atoms with Crippen LogP contribution in [-0.4, -0.2) is 90.2 Å². The molecule has 2 atom stereocenters. The fraction of sp³-hybridized carbons (Fsp3) is 0.381. The highest BCUT2D eigenvalue weighted by Crippen LogP contribution is 2.40. The van der Waals surface area contributed by atoms with Gasteiger partial charge in [0.05, 0.1) is 0 Å². The molecule has 0 bridgehead atoms. The number of nitrogens with zero attached hydrogens (tertiary/aromatic N) is 3. The molecule has 0 aromatic carbocycles. The van der Waals surface area contributed by atoms with Crippen molar-refractivity contribution in [3.8, 4) is 0 Å². The lowest BCUT2D eigenvalue weighted by molar-refractivity contribution is -0.149. The second kappa shape index (κ2) is 12.8. The van der Waals surface area contributed by atoms with Crippen LogP contribution in [0, 0.1) is 0 Å². The van der Waals surface area contributed by atoms with Gasteiger partial charge >= 0.3 is 34.1 Å². The second-order valence-corrected chi connectivity index (χ2v) is 11.1. The largest absolute Gasteiger partial charge is 0.539 e. The molecule has 0 aliphatic carbocycles. The number of carbonyl (C=O) groups is 5. The summed E-state index contributed by atoms with van der Waals surface area (Å²) in [4.78, 5) is 72.2. The number of aromatic nitrogens is 1. The van der Waals surface area contributed by atoms with Crippen molar-refractivity contribution in [2.24, 2.45) is 5.16 Å². The number of hydrogen-bond acceptors (Lipinski definition) is 13. The number of anilines is 1. The maximum Gasteiger partial charge on any atom is 0.413 e. The topological polar surface area (TPSA) is 175 Å². The summed E-state index contributed by atoms with van der Waals surface area (Å²) in [6, 6.07) is -1.10. The van der Waals surface area contributed by atoms with Crippen molar-refractivity contribution >= 4 is 91.5 Å². The van der Waals surface area contributed by atoms with Crippen LogP contribution in [0.5, 0.6) is 0 Å². The summed E-state index contributed by atoms with van der Waals surface area (Å²) in [5.41, 5.74) is -1.03. The highest BCUT2D eigenvalue weighted by atomic mass is 35.5. The number of rotatable bonds is 9. The molecule has 1 aromatic rings. The van der Waals surface area contributed by atoms with Gasteiger partial charge in [-0.2, -0.15) is 0 Å². The van der Waals surface area contributed by atoms with E-state index in [1.165, 1.54) is 17.1 Å². The third kappa shape index (κ3) is 6.98. The van der Waals surface area contributed by atoms with Crippen LogP contribution in [-0.2, 0) is 38.1 Å². The van der Waals surface area contributed by atoms with Crippen molar-refractivity contribution in [3.05, 3.63) is 34.7 Å². The summed E-state index contributed by atoms with van der Waals surface area (Å²) < 4.78 is 13.5. The first kappa shape index (κ1) is 31.0. The number of thiazole rings is 1. The molecule has 40 heavy (non-hydrogen) atoms. The molecule has 0 saturated carbocycles. The Morgan fingerprint density at radius 2 is 1.98 bits per heavy atom. The molecule has 2 aliphatic rings. The zero-order valence-corrected chi connectivity index (χ0v) is 23.6. The number of carbonyl (C=O) groups excluding carboxylic acids is 5. The monoisotopic (exact) mass is 607 g/mol. The molecular formula is C21H20B2ClN5O9S2. The molecule has 3 rings (SSSR count). The highest BCUT2D eigenvalue weighted by Gasteiger charge is 2.54. The van der Waals surface area contributed by atoms with Crippen LogP contribution < -0.4 is 10.6 Å². The number of fused-ring (bicyclic) bond motifs is 1. The van der Waals surface area contributed by atoms with E-state index in [-0.39, 0.29) is 28.2 Å². The normalized spacial score (nSPS) is 18.6. The number of oxime groups is 1. The Morgan fingerprint density at radius 3 is 2.58 bits per heavy atom. The number of hydrogen-bond donors (Lipinski definition) is 2. The Morgan fingerprint density at radius 1 is 1.27 bits per heavy atom. The van der Waals surface area contributed by atoms with Crippen molar-refractivity contribution in [1.29, 1.82) is 0 Å². The van der Waals surface area contributed by atoms with Gasteiger partial charge in [0.2, 0.25) is 5.76 Å². The maximum atomic E-state index is 13.3. The summed E-state index contributed by atoms with van der Waals surface area (Å²) in [6.45, 7) is 8.31. The Hall–Kier alpha value is -3.50. The van der Waals surface area contributed by atoms with Gasteiger partial charge in [0, 0.05) is 17.0 Å². The molecule has 1 aromatic heterocycles. The van der Waals surface area contributed by atoms with Crippen LogP contribution in [0.4, 0.5) is 9.93 Å². The Balaban J connectivity index is 1.83. The molecule has 1 saturated heterocycles. The average molecular weight is 608 g/mol. The van der Waals surface area contributed by atoms with Gasteiger partial charge in [-0.3, -0.25) is 19.8 Å². The van der Waals surface area contributed by atoms with Crippen LogP contribution in [0.15, 0.2) is 34.1 Å². The predicted octanol–water partition coefficient (Wildman–Crippen LogP) is 0.871. The van der Waals surface area contributed by atoms with Crippen LogP contribution in [0.2, 0.25) is 0 Å². The van der Waals surface area contributed by atoms with Gasteiger partial charge in [-0.1, -0.05) is 5.16 Å². The van der Waals surface area contributed by atoms with Crippen LogP contribution in [0.1, 0.15) is 26.5 Å². The van der Waals surface area contributed by atoms with Crippen molar-refractivity contribution < 1.29 is 42.9 Å². The third-order valence-electron chi connectivity index (χ3n) is 4.95. The average Bonchev–Trinajstić information content (AvgIpc) is 3.36. The molecule has 14 nitrogen and oxygen atoms in total. The molecule has 2 N–H and O–H groups in total. The zero-order chi connectivity index (χ0) is 29.8. The smallest absolute Gasteiger partial charge is 0.413 e. The summed E-state index contributed by atoms with van der Waals surface area (Å²) in [6.07, 6.45) is -0.794. The van der Waals surface area contributed by atoms with Crippen molar-refractivity contribution in [3.63, 3.8) is 0 Å². The van der Waals surface area contributed by atoms with Crippen molar-refractivity contribution in [1.82, 2.24) is 15.2 Å². The first-order valence-electron chi connectivity index (χ1n) is 11.1. The minimum Gasteiger partial charge on any atom is -0.539 e. The van der Waals surface area contributed by atoms with Gasteiger partial charge in [-0.15, -0.1) is 34.7 Å². The maximum absolute atomic E-state index is 13.3. The molecule has 0 spiro atoms. The predicted molar refractivity (Wildman–Crippen MR) is 145 cm³/mol. The first-order valence-corrected chi connectivity index (χ1v) is 13.5. The zero-order valence-electron chi connectivity index (χ0n) is 21.2. The van der Waals surface area contributed by atoms with E-state index in [1.807, 2.05) is 0 Å². The lowest BCUT2D eigenvalue weighted by Crippen LogP contribution is -2.71. The molecule has 3 amide bonds. The van der Waals surface area contributed by atoms with E-state index in [2.05, 4.69) is 36.7 Å². The number of halogens is 1. The third-order valence-corrected chi connectivity index (χ3v) is 7.37. The minimum absolute atomic E-state index is 0.0438. The van der Waals surface area contributed by atoms with Gasteiger partial charge < -0.3 is 24.2 Å². The van der Waals surface area contributed by atoms with Crippen molar-refractivity contribution in [2.45, 2.75) is 37.8 Å². The van der Waals surface area contributed by atoms with E-state index < -0.39 is 58.3 Å². The molecule has 2 aliphatic heterocycles. The molecule has 0 unspecified atom stereocenters. The SMILES string of the molecule is [B]OC(=O)C(=C)O/N=C(\C(=O)N[C@@H]1C(=O)N2C(C(=O)O[B])=C(CCl)CS[C@H]12)c1csc(NC(=O)OC(C)(C)C)n1. The van der Waals surface area contributed by atoms with E-state index in [0.717, 1.165) is 16.2 Å². The Bertz CT molecular complexity index is 1310. The van der Waals surface area contributed by atoms with Crippen LogP contribution in [0.3, 0.4) is 0 Å². The second-order valence-electron chi connectivity index (χ2n) is 8.88. The van der Waals surface area contributed by atoms with E-state index in [0.29, 0.717) is 5.57 Å². The highest BCUT2D eigenvalue weighted by molar-refractivity contribution is 8.00. The molecule has 4 radical (unpaired) electrons. The van der Waals surface area contributed by atoms with Gasteiger partial charge in [-0.25, -0.2) is 19.4 Å². The fourth-order valence-corrected chi connectivity index (χ4v) is 5.64. The number of alkyl halides is 1. The molecule has 3 heterocycles. The summed E-state index contributed by atoms with van der Waals surface area (Å²) in [5.74, 6) is -4.14. The van der Waals surface area contributed by atoms with Crippen molar-refractivity contribution in [2.75, 3.05) is 16.9 Å². The molecule has 19 heteroatoms. The molecule has 1 fully saturated rings. The van der Waals surface area contributed by atoms with Gasteiger partial charge in [-0.05, 0) is 32.9 Å². The summed E-state index contributed by atoms with van der Waals surface area (Å²) in [5, 5.41) is 9.27. The quantitative estimate of drug-likeness (QED) is 0.0775. The lowest BCUT2D eigenvalue weighted by atomic mass is 10.0. The van der Waals surface area contributed by atoms with E-state index in [9.17, 15) is 24.0 Å². The van der Waals surface area contributed by atoms with Gasteiger partial charge in [0.15, 0.2) is 10.8 Å². The Kier molecular flexibility index (Phi) is 9.92. The Labute approximate surface area is 243 Å². The van der Waals surface area contributed by atoms with E-state index in [1.54, 1.807) is 20.8 Å². The van der Waals surface area contributed by atoms with E-state index in [4.69, 9.17) is 37.3 Å². The summed E-state index contributed by atoms with van der Waals surface area (Å²) >= 11 is 8.07. The van der Waals surface area contributed by atoms with Crippen LogP contribution >= 0.6 is 34.7 Å². The van der Waals surface area contributed by atoms with E-state index >= 15 is 0 Å². The molecular weight excluding hydrogens is 587 g/mol. The number of thioether (sulfide) groups is 1. The van der Waals surface area contributed by atoms with Gasteiger partial charge in [0.1, 0.15) is 28.4 Å². The van der Waals surface area contributed by atoms with Crippen LogP contribution in [0.25, 0.3) is 0 Å². The summed E-state index contributed by atoms with van der Waals surface area (Å²) in [7, 11) is 9.81. The number of β-lactam (4-membered cyclic amide) rings is 1. The molecule has 208 valence electrons. The lowest BCUT2D eigenvalue weighted by Gasteiger charge is -2.49. The minimum atomic E-state index is -1.17. The fourth-order valence-electron chi connectivity index (χ4n) is 3.28. The number of amides is 3.